The molecule has 2 nitrogen and oxygen atoms in total. The molecule has 2 aromatic carbocycles. The van der Waals surface area contributed by atoms with Crippen LogP contribution in [0.2, 0.25) is 0 Å². The second-order valence-electron chi connectivity index (χ2n) is 13.2. The van der Waals surface area contributed by atoms with Gasteiger partial charge in [-0.05, 0) is 50.3 Å². The van der Waals surface area contributed by atoms with Gasteiger partial charge in [0.2, 0.25) is 0 Å². The molecule has 33 heavy (non-hydrogen) atoms. The zero-order valence-corrected chi connectivity index (χ0v) is 23.8. The molecule has 4 heteroatoms. The minimum Gasteiger partial charge on any atom is -0.872 e. The Morgan fingerprint density at radius 3 is 0.970 bits per heavy atom. The molecule has 0 fully saturated rings. The summed E-state index contributed by atoms with van der Waals surface area (Å²) in [7, 11) is 0. The van der Waals surface area contributed by atoms with Gasteiger partial charge in [0.1, 0.15) is 0 Å². The summed E-state index contributed by atoms with van der Waals surface area (Å²) < 4.78 is 0. The van der Waals surface area contributed by atoms with Crippen molar-refractivity contribution in [2.45, 2.75) is 111 Å². The van der Waals surface area contributed by atoms with Crippen LogP contribution in [0.5, 0.6) is 11.5 Å². The topological polar surface area (TPSA) is 46.1 Å². The molecule has 0 radical (unpaired) electrons. The van der Waals surface area contributed by atoms with Crippen molar-refractivity contribution in [3.8, 4) is 11.5 Å². The third-order valence-corrected chi connectivity index (χ3v) is 6.06. The fraction of sp³-hybridized carbons (Fsp3) is 0.586. The first kappa shape index (κ1) is 32.2. The van der Waals surface area contributed by atoms with E-state index in [1.807, 2.05) is 12.1 Å². The second kappa shape index (κ2) is 10.5. The Kier molecular flexibility index (Phi) is 10.2. The number of benzene rings is 2. The van der Waals surface area contributed by atoms with E-state index in [0.717, 1.165) is 33.4 Å². The zero-order valence-electron chi connectivity index (χ0n) is 23.8. The molecule has 0 spiro atoms. The van der Waals surface area contributed by atoms with Crippen LogP contribution in [0, 0.1) is 0 Å². The van der Waals surface area contributed by atoms with Gasteiger partial charge in [-0.25, -0.2) is 0 Å². The molecule has 0 atom stereocenters. The van der Waals surface area contributed by atoms with Crippen LogP contribution in [0.3, 0.4) is 0 Å². The maximum atomic E-state index is 13.5. The van der Waals surface area contributed by atoms with Gasteiger partial charge in [0, 0.05) is 0 Å². The van der Waals surface area contributed by atoms with Gasteiger partial charge in [0.15, 0.2) is 0 Å². The van der Waals surface area contributed by atoms with Crippen LogP contribution in [0.25, 0.3) is 0 Å². The van der Waals surface area contributed by atoms with Crippen LogP contribution in [-0.2, 0) is 28.1 Å². The number of hydrogen-bond acceptors (Lipinski definition) is 2. The summed E-state index contributed by atoms with van der Waals surface area (Å²) in [5.41, 5.74) is 4.72. The average Bonchev–Trinajstić information content (AvgIpc) is 2.53. The smallest absolute Gasteiger partial charge is 0.872 e. The third-order valence-electron chi connectivity index (χ3n) is 6.06. The number of hydrogen-bond donors (Lipinski definition) is 0. The molecule has 0 heterocycles. The second-order valence-corrected chi connectivity index (χ2v) is 13.2. The monoisotopic (exact) mass is 436 g/mol. The summed E-state index contributed by atoms with van der Waals surface area (Å²) in [6.45, 7) is 25.5. The van der Waals surface area contributed by atoms with Crippen LogP contribution in [0.15, 0.2) is 24.3 Å². The van der Waals surface area contributed by atoms with E-state index in [1.165, 1.54) is 0 Å². The Morgan fingerprint density at radius 2 is 0.758 bits per heavy atom. The normalized spacial score (nSPS) is 12.7. The van der Waals surface area contributed by atoms with Crippen LogP contribution in [0.4, 0.5) is 0 Å². The Morgan fingerprint density at radius 1 is 0.485 bits per heavy atom. The standard InChI is InChI=1S/C29H44O2.2Li/c1-26(2,3)20-14-18(24(30)22(16-20)28(7,8)9)13-19-15-21(27(4,5)6)17-23(25(19)31)29(10,11)12;;/h14-17,30-31H,13H2,1-12H3;;/q;2*+1/p-2. The molecule has 2 rings (SSSR count). The molecule has 0 N–H and O–H groups in total. The van der Waals surface area contributed by atoms with Crippen molar-refractivity contribution >= 4 is 0 Å². The van der Waals surface area contributed by atoms with Gasteiger partial charge >= 0.3 is 37.7 Å². The van der Waals surface area contributed by atoms with Crippen molar-refractivity contribution in [1.82, 2.24) is 0 Å². The van der Waals surface area contributed by atoms with Crippen LogP contribution >= 0.6 is 0 Å². The predicted octanol–water partition coefficient (Wildman–Crippen LogP) is 0.623. The first-order chi connectivity index (χ1) is 13.7. The van der Waals surface area contributed by atoms with Gasteiger partial charge < -0.3 is 10.2 Å². The van der Waals surface area contributed by atoms with Gasteiger partial charge in [-0.3, -0.25) is 0 Å². The van der Waals surface area contributed by atoms with Gasteiger partial charge in [0.25, 0.3) is 0 Å². The van der Waals surface area contributed by atoms with Crippen LogP contribution in [-0.4, -0.2) is 0 Å². The summed E-state index contributed by atoms with van der Waals surface area (Å²) in [4.78, 5) is 0. The maximum absolute atomic E-state index is 13.5. The Balaban J connectivity index is 0.00000512. The number of rotatable bonds is 2. The van der Waals surface area contributed by atoms with E-state index in [1.54, 1.807) is 0 Å². The minimum absolute atomic E-state index is 0. The molecular formula is C29H42Li2O2. The molecule has 0 amide bonds. The predicted molar refractivity (Wildman–Crippen MR) is 129 cm³/mol. The summed E-state index contributed by atoms with van der Waals surface area (Å²) in [6.07, 6.45) is 0.373. The SMILES string of the molecule is CC(C)(C)c1cc(Cc2cc(C(C)(C)C)cc(C(C)(C)C)c2[O-])c([O-])c(C(C)(C)C)c1.[Li+].[Li+]. The summed E-state index contributed by atoms with van der Waals surface area (Å²) in [5, 5.41) is 26.9. The zero-order chi connectivity index (χ0) is 24.2. The van der Waals surface area contributed by atoms with Crippen molar-refractivity contribution < 1.29 is 47.9 Å². The van der Waals surface area contributed by atoms with Crippen molar-refractivity contribution in [2.75, 3.05) is 0 Å². The molecule has 0 saturated carbocycles. The molecule has 0 saturated heterocycles. The maximum Gasteiger partial charge on any atom is 1.00 e. The first-order valence-corrected chi connectivity index (χ1v) is 11.4. The van der Waals surface area contributed by atoms with E-state index in [9.17, 15) is 10.2 Å². The van der Waals surface area contributed by atoms with Crippen LogP contribution in [0.1, 0.15) is 116 Å². The Hall–Kier alpha value is -0.765. The summed E-state index contributed by atoms with van der Waals surface area (Å²) in [5.74, 6) is 0.136. The molecule has 0 aliphatic rings. The fourth-order valence-electron chi connectivity index (χ4n) is 3.83. The molecule has 0 aliphatic carbocycles. The van der Waals surface area contributed by atoms with Gasteiger partial charge in [-0.2, -0.15) is 0 Å². The largest absolute Gasteiger partial charge is 1.00 e. The van der Waals surface area contributed by atoms with E-state index in [4.69, 9.17) is 0 Å². The van der Waals surface area contributed by atoms with E-state index in [0.29, 0.717) is 6.42 Å². The van der Waals surface area contributed by atoms with E-state index < -0.39 is 0 Å². The summed E-state index contributed by atoms with van der Waals surface area (Å²) >= 11 is 0. The van der Waals surface area contributed by atoms with Gasteiger partial charge in [-0.1, -0.05) is 118 Å². The molecule has 172 valence electrons. The van der Waals surface area contributed by atoms with Gasteiger partial charge in [0.05, 0.1) is 0 Å². The molecule has 0 aromatic heterocycles. The van der Waals surface area contributed by atoms with Crippen molar-refractivity contribution in [3.63, 3.8) is 0 Å². The Labute approximate surface area is 227 Å². The average molecular weight is 437 g/mol. The van der Waals surface area contributed by atoms with Crippen LogP contribution < -0.4 is 47.9 Å². The van der Waals surface area contributed by atoms with Gasteiger partial charge in [-0.15, -0.1) is 11.5 Å². The van der Waals surface area contributed by atoms with E-state index >= 15 is 0 Å². The van der Waals surface area contributed by atoms with Crippen molar-refractivity contribution in [3.05, 3.63) is 57.6 Å². The van der Waals surface area contributed by atoms with E-state index in [-0.39, 0.29) is 70.9 Å². The van der Waals surface area contributed by atoms with Crippen molar-refractivity contribution in [1.29, 1.82) is 0 Å². The fourth-order valence-corrected chi connectivity index (χ4v) is 3.83. The molecule has 0 bridgehead atoms. The molecule has 0 unspecified atom stereocenters. The molecular weight excluding hydrogens is 394 g/mol. The quantitative estimate of drug-likeness (QED) is 0.649. The molecule has 2 aromatic rings. The van der Waals surface area contributed by atoms with E-state index in [2.05, 4.69) is 95.2 Å². The minimum atomic E-state index is -0.253. The van der Waals surface area contributed by atoms with Crippen molar-refractivity contribution in [2.24, 2.45) is 0 Å². The first-order valence-electron chi connectivity index (χ1n) is 11.4. The summed E-state index contributed by atoms with van der Waals surface area (Å²) in [6, 6.07) is 8.18. The third kappa shape index (κ3) is 7.61. The molecule has 0 aliphatic heterocycles. The Bertz CT molecular complexity index is 884.